The van der Waals surface area contributed by atoms with Crippen LogP contribution in [-0.4, -0.2) is 52.3 Å². The molecule has 0 spiro atoms. The van der Waals surface area contributed by atoms with Gasteiger partial charge in [0.15, 0.2) is 11.5 Å². The normalized spacial score (nSPS) is 15.7. The van der Waals surface area contributed by atoms with E-state index in [-0.39, 0.29) is 17.4 Å². The molecule has 1 aliphatic heterocycles. The third-order valence-corrected chi connectivity index (χ3v) is 6.22. The Morgan fingerprint density at radius 1 is 1.29 bits per heavy atom. The zero-order chi connectivity index (χ0) is 19.9. The van der Waals surface area contributed by atoms with Crippen molar-refractivity contribution in [1.29, 1.82) is 0 Å². The fraction of sp³-hybridized carbons (Fsp3) is 0.524. The van der Waals surface area contributed by atoms with Gasteiger partial charge >= 0.3 is 0 Å². The highest BCUT2D eigenvalue weighted by Crippen LogP contribution is 2.23. The van der Waals surface area contributed by atoms with Crippen molar-refractivity contribution < 1.29 is 13.8 Å². The van der Waals surface area contributed by atoms with E-state index in [1.807, 2.05) is 19.1 Å². The zero-order valence-electron chi connectivity index (χ0n) is 16.7. The monoisotopic (exact) mass is 403 g/mol. The number of likely N-dealkylation sites (tertiary alicyclic amines) is 1. The van der Waals surface area contributed by atoms with Crippen LogP contribution >= 0.6 is 0 Å². The number of benzene rings is 1. The van der Waals surface area contributed by atoms with Crippen molar-refractivity contribution in [2.45, 2.75) is 38.9 Å². The molecule has 6 nitrogen and oxygen atoms in total. The zero-order valence-corrected chi connectivity index (χ0v) is 17.5. The Morgan fingerprint density at radius 2 is 2.00 bits per heavy atom. The maximum absolute atomic E-state index is 12.4. The van der Waals surface area contributed by atoms with E-state index in [2.05, 4.69) is 34.3 Å². The number of aryl methyl sites for hydroxylation is 2. The number of carbonyl (C=O) groups is 1. The van der Waals surface area contributed by atoms with E-state index < -0.39 is 11.2 Å². The Kier molecular flexibility index (Phi) is 7.53. The van der Waals surface area contributed by atoms with Gasteiger partial charge in [-0.25, -0.2) is 4.98 Å². The summed E-state index contributed by atoms with van der Waals surface area (Å²) in [6, 6.07) is 8.08. The van der Waals surface area contributed by atoms with Gasteiger partial charge in [-0.1, -0.05) is 19.1 Å². The number of amides is 1. The summed E-state index contributed by atoms with van der Waals surface area (Å²) in [4.78, 5) is 18.9. The quantitative estimate of drug-likeness (QED) is 0.651. The number of nitrogens with one attached hydrogen (secondary N) is 1. The number of hydrogen-bond donors (Lipinski definition) is 1. The lowest BCUT2D eigenvalue weighted by Crippen LogP contribution is -2.36. The highest BCUT2D eigenvalue weighted by atomic mass is 32.2. The average molecular weight is 404 g/mol. The number of aromatic nitrogens is 1. The molecule has 2 aromatic rings. The highest BCUT2D eigenvalue weighted by Gasteiger charge is 2.20. The van der Waals surface area contributed by atoms with Crippen LogP contribution in [0.2, 0.25) is 0 Å². The maximum atomic E-state index is 12.4. The standard InChI is InChI=1S/C21H29N3O3S/c1-3-17-6-8-18(9-7-17)21-23-19(16(2)27-21)14-28(26)15-20(25)22-10-13-24-11-4-5-12-24/h6-9H,3-5,10-15H2,1-2H3,(H,22,25). The van der Waals surface area contributed by atoms with Crippen LogP contribution in [0.25, 0.3) is 11.5 Å². The Hall–Kier alpha value is -1.83. The van der Waals surface area contributed by atoms with E-state index in [1.165, 1.54) is 18.4 Å². The molecule has 0 saturated carbocycles. The van der Waals surface area contributed by atoms with Crippen LogP contribution in [-0.2, 0) is 28.1 Å². The van der Waals surface area contributed by atoms with Crippen molar-refractivity contribution in [3.63, 3.8) is 0 Å². The molecule has 1 N–H and O–H groups in total. The molecule has 1 atom stereocenters. The minimum Gasteiger partial charge on any atom is -0.616 e. The molecule has 0 bridgehead atoms. The molecular formula is C21H29N3O3S. The first-order chi connectivity index (χ1) is 13.5. The summed E-state index contributed by atoms with van der Waals surface area (Å²) in [6.45, 7) is 7.62. The second-order valence-corrected chi connectivity index (χ2v) is 8.66. The van der Waals surface area contributed by atoms with Crippen molar-refractivity contribution in [3.8, 4) is 11.5 Å². The van der Waals surface area contributed by atoms with E-state index in [0.717, 1.165) is 31.6 Å². The molecule has 1 saturated heterocycles. The van der Waals surface area contributed by atoms with Crippen molar-refractivity contribution >= 4 is 17.1 Å². The molecule has 152 valence electrons. The van der Waals surface area contributed by atoms with Crippen molar-refractivity contribution in [3.05, 3.63) is 41.3 Å². The van der Waals surface area contributed by atoms with E-state index in [0.29, 0.717) is 23.9 Å². The van der Waals surface area contributed by atoms with Gasteiger partial charge in [0.1, 0.15) is 11.5 Å². The van der Waals surface area contributed by atoms with Crippen LogP contribution in [0.15, 0.2) is 28.7 Å². The van der Waals surface area contributed by atoms with Gasteiger partial charge in [-0.05, 0) is 68.1 Å². The minimum atomic E-state index is -1.31. The van der Waals surface area contributed by atoms with Crippen LogP contribution in [0.3, 0.4) is 0 Å². The lowest BCUT2D eigenvalue weighted by molar-refractivity contribution is -0.118. The van der Waals surface area contributed by atoms with E-state index in [1.54, 1.807) is 0 Å². The van der Waals surface area contributed by atoms with Gasteiger partial charge in [-0.15, -0.1) is 0 Å². The predicted octanol–water partition coefficient (Wildman–Crippen LogP) is 2.67. The Bertz CT molecular complexity index is 770. The van der Waals surface area contributed by atoms with Gasteiger partial charge < -0.3 is 19.2 Å². The first-order valence-electron chi connectivity index (χ1n) is 9.94. The van der Waals surface area contributed by atoms with Crippen LogP contribution in [0, 0.1) is 6.92 Å². The number of hydrogen-bond acceptors (Lipinski definition) is 5. The van der Waals surface area contributed by atoms with Crippen molar-refractivity contribution in [2.75, 3.05) is 31.9 Å². The predicted molar refractivity (Wildman–Crippen MR) is 111 cm³/mol. The molecule has 1 fully saturated rings. The fourth-order valence-electron chi connectivity index (χ4n) is 3.33. The van der Waals surface area contributed by atoms with Crippen LogP contribution in [0.5, 0.6) is 0 Å². The lowest BCUT2D eigenvalue weighted by atomic mass is 10.1. The molecular weight excluding hydrogens is 374 g/mol. The van der Waals surface area contributed by atoms with E-state index in [9.17, 15) is 9.35 Å². The molecule has 1 aromatic carbocycles. The first-order valence-corrected chi connectivity index (χ1v) is 11.4. The van der Waals surface area contributed by atoms with Gasteiger partial charge in [0.2, 0.25) is 5.89 Å². The molecule has 3 rings (SSSR count). The Labute approximate surface area is 169 Å². The molecule has 1 amide bonds. The highest BCUT2D eigenvalue weighted by molar-refractivity contribution is 7.91. The average Bonchev–Trinajstić information content (AvgIpc) is 3.32. The summed E-state index contributed by atoms with van der Waals surface area (Å²) >= 11 is -1.31. The third-order valence-electron chi connectivity index (χ3n) is 5.04. The van der Waals surface area contributed by atoms with E-state index in [4.69, 9.17) is 4.42 Å². The number of nitrogens with zero attached hydrogens (tertiary/aromatic N) is 2. The topological polar surface area (TPSA) is 81.4 Å². The van der Waals surface area contributed by atoms with Gasteiger partial charge in [-0.3, -0.25) is 4.79 Å². The summed E-state index contributed by atoms with van der Waals surface area (Å²) in [6.07, 6.45) is 3.45. The molecule has 2 heterocycles. The van der Waals surface area contributed by atoms with Gasteiger partial charge in [0.25, 0.3) is 5.91 Å². The van der Waals surface area contributed by atoms with Crippen molar-refractivity contribution in [2.24, 2.45) is 0 Å². The molecule has 7 heteroatoms. The van der Waals surface area contributed by atoms with Gasteiger partial charge in [0, 0.05) is 18.7 Å². The van der Waals surface area contributed by atoms with Gasteiger partial charge in [-0.2, -0.15) is 0 Å². The molecule has 0 radical (unpaired) electrons. The van der Waals surface area contributed by atoms with Crippen LogP contribution < -0.4 is 5.32 Å². The van der Waals surface area contributed by atoms with Crippen LogP contribution in [0.4, 0.5) is 0 Å². The molecule has 1 unspecified atom stereocenters. The Morgan fingerprint density at radius 3 is 2.68 bits per heavy atom. The first kappa shape index (κ1) is 20.9. The summed E-state index contributed by atoms with van der Waals surface area (Å²) in [5.41, 5.74) is 2.80. The molecule has 1 aromatic heterocycles. The van der Waals surface area contributed by atoms with E-state index >= 15 is 0 Å². The lowest BCUT2D eigenvalue weighted by Gasteiger charge is -2.15. The fourth-order valence-corrected chi connectivity index (χ4v) is 4.40. The Balaban J connectivity index is 1.48. The summed E-state index contributed by atoms with van der Waals surface area (Å²) in [5, 5.41) is 2.87. The molecule has 28 heavy (non-hydrogen) atoms. The van der Waals surface area contributed by atoms with Gasteiger partial charge in [0.05, 0.1) is 0 Å². The third kappa shape index (κ3) is 5.83. The minimum absolute atomic E-state index is 0.00711. The number of carbonyl (C=O) groups excluding carboxylic acids is 1. The largest absolute Gasteiger partial charge is 0.616 e. The summed E-state index contributed by atoms with van der Waals surface area (Å²) in [5.74, 6) is 1.23. The smallest absolute Gasteiger partial charge is 0.269 e. The SMILES string of the molecule is CCc1ccc(-c2nc(C[S+]([O-])CC(=O)NCCN3CCCC3)c(C)o2)cc1. The van der Waals surface area contributed by atoms with Crippen molar-refractivity contribution in [1.82, 2.24) is 15.2 Å². The maximum Gasteiger partial charge on any atom is 0.269 e. The second-order valence-electron chi connectivity index (χ2n) is 7.20. The molecule has 1 aliphatic rings. The summed E-state index contributed by atoms with van der Waals surface area (Å²) in [7, 11) is 0. The number of oxazole rings is 1. The second kappa shape index (κ2) is 10.1. The van der Waals surface area contributed by atoms with Crippen LogP contribution in [0.1, 0.15) is 36.8 Å². The summed E-state index contributed by atoms with van der Waals surface area (Å²) < 4.78 is 18.1. The molecule has 0 aliphatic carbocycles. The number of rotatable bonds is 9.